The fourth-order valence-electron chi connectivity index (χ4n) is 5.03. The maximum atomic E-state index is 13.4. The van der Waals surface area contributed by atoms with Crippen molar-refractivity contribution in [2.75, 3.05) is 24.6 Å². The Morgan fingerprint density at radius 1 is 1.07 bits per heavy atom. The molecule has 4 rings (SSSR count). The molecule has 0 radical (unpaired) electrons. The Morgan fingerprint density at radius 3 is 2.43 bits per heavy atom. The van der Waals surface area contributed by atoms with E-state index >= 15 is 0 Å². The van der Waals surface area contributed by atoms with Gasteiger partial charge >= 0.3 is 12.1 Å². The molecule has 0 unspecified atom stereocenters. The van der Waals surface area contributed by atoms with Crippen LogP contribution in [0.5, 0.6) is 11.5 Å². The van der Waals surface area contributed by atoms with Crippen LogP contribution in [0.1, 0.15) is 60.3 Å². The molecule has 0 saturated heterocycles. The van der Waals surface area contributed by atoms with Crippen molar-refractivity contribution in [3.05, 3.63) is 87.9 Å². The predicted molar refractivity (Wildman–Crippen MR) is 168 cm³/mol. The molecule has 0 fully saturated rings. The van der Waals surface area contributed by atoms with E-state index in [9.17, 15) is 23.1 Å². The highest BCUT2D eigenvalue weighted by Crippen LogP contribution is 2.33. The number of benzene rings is 3. The van der Waals surface area contributed by atoms with E-state index in [0.717, 1.165) is 17.4 Å². The van der Waals surface area contributed by atoms with Gasteiger partial charge in [0.15, 0.2) is 0 Å². The summed E-state index contributed by atoms with van der Waals surface area (Å²) in [6, 6.07) is 16.7. The second-order valence-corrected chi connectivity index (χ2v) is 13.9. The fourth-order valence-corrected chi connectivity index (χ4v) is 5.81. The molecule has 12 heteroatoms. The molecule has 2 N–H and O–H groups in total. The highest BCUT2D eigenvalue weighted by molar-refractivity contribution is 7.92. The molecule has 44 heavy (non-hydrogen) atoms. The maximum Gasteiger partial charge on any atom is 0.410 e. The average Bonchev–Trinajstić information content (AvgIpc) is 2.94. The number of rotatable bonds is 9. The lowest BCUT2D eigenvalue weighted by Crippen LogP contribution is -2.47. The number of methoxy groups -OCH3 is 1. The monoisotopic (exact) mass is 644 g/mol. The number of hydrogen-bond donors (Lipinski definition) is 2. The van der Waals surface area contributed by atoms with Crippen molar-refractivity contribution in [2.24, 2.45) is 0 Å². The summed E-state index contributed by atoms with van der Waals surface area (Å²) in [4.78, 5) is 27.3. The number of ether oxygens (including phenoxy) is 3. The number of aryl methyl sites for hydroxylation is 1. The number of carbonyl (C=O) groups excluding carboxylic acids is 2. The molecule has 236 valence electrons. The second kappa shape index (κ2) is 13.5. The van der Waals surface area contributed by atoms with E-state index in [1.165, 1.54) is 19.2 Å². The van der Waals surface area contributed by atoms with Crippen molar-refractivity contribution in [3.8, 4) is 11.5 Å². The maximum absolute atomic E-state index is 13.4. The van der Waals surface area contributed by atoms with Crippen molar-refractivity contribution in [3.63, 3.8) is 0 Å². The number of nitrogens with zero attached hydrogens (tertiary/aromatic N) is 1. The Morgan fingerprint density at radius 2 is 1.77 bits per heavy atom. The summed E-state index contributed by atoms with van der Waals surface area (Å²) in [5, 5.41) is 11.5. The number of hydrogen-bond acceptors (Lipinski definition) is 8. The minimum atomic E-state index is -3.63. The summed E-state index contributed by atoms with van der Waals surface area (Å²) in [7, 11) is -2.43. The Balaban J connectivity index is 1.58. The standard InChI is InChI=1S/C32H37ClN2O8S/c1-32(2,3)43-31(38)35(19-29(36)21-7-6-8-23(33)15-21)24-11-9-20-10-12-25(17-22(20)16-24)42-26-13-14-28(34-44(5,39)40)27(18-26)30(37)41-4/h6-8,10,12-15,17-18,24,29,34,36H,9,11,16,19H2,1-5H3/t24-,29+/m0/s1. The van der Waals surface area contributed by atoms with Crippen molar-refractivity contribution in [2.45, 2.75) is 57.8 Å². The van der Waals surface area contributed by atoms with E-state index in [0.29, 0.717) is 41.3 Å². The topological polar surface area (TPSA) is 131 Å². The number of nitrogens with one attached hydrogen (secondary N) is 1. The Kier molecular flexibility index (Phi) is 10.1. The molecule has 3 aromatic rings. The summed E-state index contributed by atoms with van der Waals surface area (Å²) in [6.07, 6.45) is 1.37. The van der Waals surface area contributed by atoms with Gasteiger partial charge in [-0.2, -0.15) is 0 Å². The van der Waals surface area contributed by atoms with Crippen molar-refractivity contribution in [1.82, 2.24) is 4.90 Å². The molecule has 0 heterocycles. The molecule has 1 amide bonds. The summed E-state index contributed by atoms with van der Waals surface area (Å²) in [6.45, 7) is 5.42. The SMILES string of the molecule is COC(=O)c1cc(Oc2ccc3c(c2)C[C@@H](N(C[C@@H](O)c2cccc(Cl)c2)C(=O)OC(C)(C)C)CC3)ccc1NS(C)(=O)=O. The number of anilines is 1. The summed E-state index contributed by atoms with van der Waals surface area (Å²) >= 11 is 6.14. The van der Waals surface area contributed by atoms with Crippen LogP contribution in [0, 0.1) is 0 Å². The van der Waals surface area contributed by atoms with Gasteiger partial charge in [-0.1, -0.05) is 29.8 Å². The zero-order valence-electron chi connectivity index (χ0n) is 25.3. The van der Waals surface area contributed by atoms with Crippen LogP contribution >= 0.6 is 11.6 Å². The average molecular weight is 645 g/mol. The lowest BCUT2D eigenvalue weighted by Gasteiger charge is -2.37. The Hall–Kier alpha value is -3.80. The quantitative estimate of drug-likeness (QED) is 0.267. The highest BCUT2D eigenvalue weighted by Gasteiger charge is 2.33. The number of aliphatic hydroxyl groups excluding tert-OH is 1. The van der Waals surface area contributed by atoms with Crippen LogP contribution in [-0.2, 0) is 32.3 Å². The van der Waals surface area contributed by atoms with Crippen LogP contribution in [0.25, 0.3) is 0 Å². The number of amides is 1. The molecule has 1 aliphatic carbocycles. The van der Waals surface area contributed by atoms with Crippen molar-refractivity contribution >= 4 is 39.4 Å². The molecule has 0 aliphatic heterocycles. The van der Waals surface area contributed by atoms with Crippen molar-refractivity contribution in [1.29, 1.82) is 0 Å². The van der Waals surface area contributed by atoms with E-state index in [2.05, 4.69) is 4.72 Å². The zero-order chi connectivity index (χ0) is 32.2. The second-order valence-electron chi connectivity index (χ2n) is 11.7. The lowest BCUT2D eigenvalue weighted by molar-refractivity contribution is 0.00194. The largest absolute Gasteiger partial charge is 0.465 e. The minimum Gasteiger partial charge on any atom is -0.465 e. The van der Waals surface area contributed by atoms with Gasteiger partial charge < -0.3 is 24.2 Å². The van der Waals surface area contributed by atoms with Gasteiger partial charge in [-0.05, 0) is 99.2 Å². The third-order valence-corrected chi connectivity index (χ3v) is 7.81. The van der Waals surface area contributed by atoms with Gasteiger partial charge in [0.1, 0.15) is 17.1 Å². The number of fused-ring (bicyclic) bond motifs is 1. The summed E-state index contributed by atoms with van der Waals surface area (Å²) in [5.74, 6) is 0.0701. The van der Waals surface area contributed by atoms with Crippen LogP contribution < -0.4 is 9.46 Å². The number of aliphatic hydroxyl groups is 1. The zero-order valence-corrected chi connectivity index (χ0v) is 26.9. The van der Waals surface area contributed by atoms with E-state index in [1.807, 2.05) is 18.2 Å². The molecule has 0 bridgehead atoms. The molecule has 0 saturated carbocycles. The number of sulfonamides is 1. The van der Waals surface area contributed by atoms with E-state index < -0.39 is 33.8 Å². The fraction of sp³-hybridized carbons (Fsp3) is 0.375. The predicted octanol–water partition coefficient (Wildman–Crippen LogP) is 6.12. The smallest absolute Gasteiger partial charge is 0.410 e. The Labute approximate surface area is 262 Å². The van der Waals surface area contributed by atoms with E-state index in [4.69, 9.17) is 25.8 Å². The lowest BCUT2D eigenvalue weighted by atomic mass is 9.87. The summed E-state index contributed by atoms with van der Waals surface area (Å²) < 4.78 is 42.4. The van der Waals surface area contributed by atoms with Gasteiger partial charge in [-0.15, -0.1) is 0 Å². The number of halogens is 1. The van der Waals surface area contributed by atoms with Crippen LogP contribution in [0.2, 0.25) is 5.02 Å². The van der Waals surface area contributed by atoms with Crippen LogP contribution in [0.15, 0.2) is 60.7 Å². The van der Waals surface area contributed by atoms with Gasteiger partial charge in [-0.25, -0.2) is 18.0 Å². The number of carbonyl (C=O) groups is 2. The van der Waals surface area contributed by atoms with Gasteiger partial charge in [0.25, 0.3) is 0 Å². The first kappa shape index (κ1) is 33.1. The van der Waals surface area contributed by atoms with Crippen LogP contribution in [0.3, 0.4) is 0 Å². The molecule has 0 spiro atoms. The van der Waals surface area contributed by atoms with Gasteiger partial charge in [0, 0.05) is 11.1 Å². The third-order valence-electron chi connectivity index (χ3n) is 6.98. The molecular formula is C32H37ClN2O8S. The van der Waals surface area contributed by atoms with Gasteiger partial charge in [0.05, 0.1) is 37.3 Å². The first-order valence-electron chi connectivity index (χ1n) is 14.0. The van der Waals surface area contributed by atoms with Crippen molar-refractivity contribution < 1.29 is 37.3 Å². The molecule has 10 nitrogen and oxygen atoms in total. The molecule has 0 aromatic heterocycles. The van der Waals surface area contributed by atoms with E-state index in [-0.39, 0.29) is 23.8 Å². The number of esters is 1. The van der Waals surface area contributed by atoms with Gasteiger partial charge in [-0.3, -0.25) is 4.72 Å². The molecule has 1 aliphatic rings. The molecular weight excluding hydrogens is 608 g/mol. The molecule has 2 atom stereocenters. The third kappa shape index (κ3) is 8.87. The normalized spacial score (nSPS) is 15.5. The van der Waals surface area contributed by atoms with Crippen LogP contribution in [0.4, 0.5) is 10.5 Å². The summed E-state index contributed by atoms with van der Waals surface area (Å²) in [5.41, 5.74) is 2.02. The highest BCUT2D eigenvalue weighted by atomic mass is 35.5. The Bertz CT molecular complexity index is 1640. The van der Waals surface area contributed by atoms with E-state index in [1.54, 1.807) is 56.0 Å². The first-order chi connectivity index (χ1) is 20.6. The molecule has 3 aromatic carbocycles. The van der Waals surface area contributed by atoms with Gasteiger partial charge in [0.2, 0.25) is 10.0 Å². The van der Waals surface area contributed by atoms with Crippen LogP contribution in [-0.4, -0.2) is 62.0 Å². The minimum absolute atomic E-state index is 0.000266. The first-order valence-corrected chi connectivity index (χ1v) is 16.3.